The van der Waals surface area contributed by atoms with Gasteiger partial charge >= 0.3 is 0 Å². The third-order valence-corrected chi connectivity index (χ3v) is 2.97. The van der Waals surface area contributed by atoms with Crippen LogP contribution in [0.15, 0.2) is 22.0 Å². The maximum atomic E-state index is 12.8. The second kappa shape index (κ2) is 3.50. The van der Waals surface area contributed by atoms with Gasteiger partial charge in [0.25, 0.3) is 0 Å². The van der Waals surface area contributed by atoms with Crippen molar-refractivity contribution in [2.75, 3.05) is 6.61 Å². The van der Waals surface area contributed by atoms with E-state index in [1.165, 1.54) is 6.08 Å². The summed E-state index contributed by atoms with van der Waals surface area (Å²) in [5.74, 6) is -0.129. The summed E-state index contributed by atoms with van der Waals surface area (Å²) < 4.78 is 13.3. The van der Waals surface area contributed by atoms with Gasteiger partial charge in [-0.25, -0.2) is 4.39 Å². The van der Waals surface area contributed by atoms with Gasteiger partial charge in [-0.1, -0.05) is 5.57 Å². The first kappa shape index (κ1) is 8.94. The number of rotatable bonds is 1. The number of hydrogen-bond acceptors (Lipinski definition) is 1. The standard InChI is InChI=1S/C8H10BrFO/c1-5-6(4-11)2-3-7(10)8(5)9/h3,6,11H,2,4H2,1H3. The molecule has 0 heterocycles. The molecular formula is C8H10BrFO. The lowest BCUT2D eigenvalue weighted by molar-refractivity contribution is 0.245. The highest BCUT2D eigenvalue weighted by atomic mass is 79.9. The minimum Gasteiger partial charge on any atom is -0.396 e. The Hall–Kier alpha value is -0.150. The molecule has 1 atom stereocenters. The van der Waals surface area contributed by atoms with Crippen molar-refractivity contribution in [3.8, 4) is 0 Å². The van der Waals surface area contributed by atoms with E-state index < -0.39 is 0 Å². The summed E-state index contributed by atoms with van der Waals surface area (Å²) in [6.45, 7) is 1.92. The first-order valence-corrected chi connectivity index (χ1v) is 4.29. The summed E-state index contributed by atoms with van der Waals surface area (Å²) in [6.07, 6.45) is 2.10. The summed E-state index contributed by atoms with van der Waals surface area (Å²) in [4.78, 5) is 0. The fraction of sp³-hybridized carbons (Fsp3) is 0.500. The number of aliphatic hydroxyl groups excluding tert-OH is 1. The smallest absolute Gasteiger partial charge is 0.133 e. The largest absolute Gasteiger partial charge is 0.396 e. The summed E-state index contributed by atoms with van der Waals surface area (Å²) in [5.41, 5.74) is 0.896. The molecule has 1 nitrogen and oxygen atoms in total. The quantitative estimate of drug-likeness (QED) is 0.721. The molecule has 1 unspecified atom stereocenters. The molecule has 0 bridgehead atoms. The van der Waals surface area contributed by atoms with E-state index >= 15 is 0 Å². The van der Waals surface area contributed by atoms with Crippen molar-refractivity contribution in [3.63, 3.8) is 0 Å². The van der Waals surface area contributed by atoms with Crippen LogP contribution in [-0.2, 0) is 0 Å². The van der Waals surface area contributed by atoms with E-state index in [-0.39, 0.29) is 18.4 Å². The van der Waals surface area contributed by atoms with Crippen molar-refractivity contribution in [2.45, 2.75) is 13.3 Å². The highest BCUT2D eigenvalue weighted by molar-refractivity contribution is 9.12. The van der Waals surface area contributed by atoms with Gasteiger partial charge in [0.1, 0.15) is 5.83 Å². The van der Waals surface area contributed by atoms with E-state index in [1.807, 2.05) is 6.92 Å². The number of halogens is 2. The molecule has 11 heavy (non-hydrogen) atoms. The van der Waals surface area contributed by atoms with Crippen LogP contribution in [0.5, 0.6) is 0 Å². The number of hydrogen-bond donors (Lipinski definition) is 1. The van der Waals surface area contributed by atoms with Gasteiger partial charge in [0.2, 0.25) is 0 Å². The van der Waals surface area contributed by atoms with Crippen molar-refractivity contribution >= 4 is 15.9 Å². The average molecular weight is 221 g/mol. The van der Waals surface area contributed by atoms with Crippen LogP contribution in [-0.4, -0.2) is 11.7 Å². The normalized spacial score (nSPS) is 25.5. The molecule has 0 fully saturated rings. The van der Waals surface area contributed by atoms with Gasteiger partial charge in [0.15, 0.2) is 0 Å². The molecular weight excluding hydrogens is 211 g/mol. The summed E-state index contributed by atoms with van der Waals surface area (Å²) in [7, 11) is 0. The molecule has 0 radical (unpaired) electrons. The van der Waals surface area contributed by atoms with Crippen LogP contribution in [0.25, 0.3) is 0 Å². The topological polar surface area (TPSA) is 20.2 Å². The zero-order chi connectivity index (χ0) is 8.43. The van der Waals surface area contributed by atoms with Crippen LogP contribution in [0.3, 0.4) is 0 Å². The molecule has 0 aromatic carbocycles. The van der Waals surface area contributed by atoms with E-state index in [1.54, 1.807) is 0 Å². The van der Waals surface area contributed by atoms with Crippen LogP contribution < -0.4 is 0 Å². The van der Waals surface area contributed by atoms with Gasteiger partial charge < -0.3 is 5.11 Å². The lowest BCUT2D eigenvalue weighted by atomic mass is 9.93. The van der Waals surface area contributed by atoms with Crippen molar-refractivity contribution in [1.82, 2.24) is 0 Å². The molecule has 3 heteroatoms. The minimum absolute atomic E-state index is 0.0869. The Labute approximate surface area is 73.7 Å². The Morgan fingerprint density at radius 1 is 1.82 bits per heavy atom. The van der Waals surface area contributed by atoms with Crippen LogP contribution in [0, 0.1) is 5.92 Å². The van der Waals surface area contributed by atoms with Crippen LogP contribution in [0.1, 0.15) is 13.3 Å². The molecule has 0 saturated carbocycles. The predicted molar refractivity (Wildman–Crippen MR) is 46.0 cm³/mol. The third kappa shape index (κ3) is 1.71. The van der Waals surface area contributed by atoms with Gasteiger partial charge in [-0.3, -0.25) is 0 Å². The Bertz CT molecular complexity index is 220. The fourth-order valence-electron chi connectivity index (χ4n) is 1.09. The molecule has 62 valence electrons. The molecule has 1 aliphatic rings. The zero-order valence-electron chi connectivity index (χ0n) is 6.27. The first-order chi connectivity index (χ1) is 5.16. The van der Waals surface area contributed by atoms with Gasteiger partial charge in [0.05, 0.1) is 4.48 Å². The second-order valence-corrected chi connectivity index (χ2v) is 3.46. The molecule has 0 amide bonds. The van der Waals surface area contributed by atoms with Crippen LogP contribution in [0.4, 0.5) is 4.39 Å². The molecule has 1 rings (SSSR count). The molecule has 0 aromatic rings. The molecule has 0 spiro atoms. The Morgan fingerprint density at radius 2 is 2.45 bits per heavy atom. The van der Waals surface area contributed by atoms with Crippen LogP contribution in [0.2, 0.25) is 0 Å². The maximum absolute atomic E-state index is 12.8. The Kier molecular flexibility index (Phi) is 2.84. The zero-order valence-corrected chi connectivity index (χ0v) is 7.86. The predicted octanol–water partition coefficient (Wildman–Crippen LogP) is 2.52. The fourth-order valence-corrected chi connectivity index (χ4v) is 1.58. The van der Waals surface area contributed by atoms with Crippen molar-refractivity contribution in [3.05, 3.63) is 22.0 Å². The summed E-state index contributed by atoms with van der Waals surface area (Å²) >= 11 is 3.13. The van der Waals surface area contributed by atoms with Crippen molar-refractivity contribution in [1.29, 1.82) is 0 Å². The highest BCUT2D eigenvalue weighted by Gasteiger charge is 2.18. The van der Waals surface area contributed by atoms with Gasteiger partial charge in [-0.2, -0.15) is 0 Å². The summed E-state index contributed by atoms with van der Waals surface area (Å²) in [6, 6.07) is 0. The van der Waals surface area contributed by atoms with Gasteiger partial charge in [-0.15, -0.1) is 0 Å². The van der Waals surface area contributed by atoms with Crippen LogP contribution >= 0.6 is 15.9 Å². The van der Waals surface area contributed by atoms with Gasteiger partial charge in [0, 0.05) is 12.5 Å². The minimum atomic E-state index is -0.216. The van der Waals surface area contributed by atoms with E-state index in [9.17, 15) is 4.39 Å². The molecule has 1 aliphatic carbocycles. The average Bonchev–Trinajstić information content (AvgIpc) is 2.01. The Balaban J connectivity index is 2.88. The van der Waals surface area contributed by atoms with E-state index in [4.69, 9.17) is 5.11 Å². The molecule has 1 N–H and O–H groups in total. The van der Waals surface area contributed by atoms with Gasteiger partial charge in [-0.05, 0) is 35.4 Å². The van der Waals surface area contributed by atoms with E-state index in [0.717, 1.165) is 5.57 Å². The number of aliphatic hydroxyl groups is 1. The lowest BCUT2D eigenvalue weighted by Gasteiger charge is -2.18. The number of allylic oxidation sites excluding steroid dienone is 3. The Morgan fingerprint density at radius 3 is 3.00 bits per heavy atom. The van der Waals surface area contributed by atoms with Crippen molar-refractivity contribution in [2.24, 2.45) is 5.92 Å². The maximum Gasteiger partial charge on any atom is 0.133 e. The molecule has 0 saturated heterocycles. The monoisotopic (exact) mass is 220 g/mol. The first-order valence-electron chi connectivity index (χ1n) is 3.50. The van der Waals surface area contributed by atoms with E-state index in [0.29, 0.717) is 10.9 Å². The van der Waals surface area contributed by atoms with Crippen molar-refractivity contribution < 1.29 is 9.50 Å². The molecule has 0 aliphatic heterocycles. The summed E-state index contributed by atoms with van der Waals surface area (Å²) in [5, 5.41) is 8.86. The second-order valence-electron chi connectivity index (χ2n) is 2.66. The third-order valence-electron chi connectivity index (χ3n) is 1.97. The van der Waals surface area contributed by atoms with E-state index in [2.05, 4.69) is 15.9 Å². The molecule has 0 aromatic heterocycles. The highest BCUT2D eigenvalue weighted by Crippen LogP contribution is 2.33. The SMILES string of the molecule is CC1=C(Br)C(F)=CCC1CO. The lowest BCUT2D eigenvalue weighted by Crippen LogP contribution is -2.10.